The number of hydrogen-bond donors (Lipinski definition) is 0. The zero-order valence-electron chi connectivity index (χ0n) is 75.6. The Morgan fingerprint density at radius 2 is 0.428 bits per heavy atom. The molecule has 4 heterocycles. The van der Waals surface area contributed by atoms with E-state index < -0.39 is 10.8 Å². The average molecular weight is 1750 g/mol. The molecule has 0 N–H and O–H groups in total. The van der Waals surface area contributed by atoms with Gasteiger partial charge in [0.25, 0.3) is 0 Å². The fourth-order valence-corrected chi connectivity index (χ4v) is 23.6. The minimum atomic E-state index is -0.582. The van der Waals surface area contributed by atoms with Gasteiger partial charge in [0.15, 0.2) is 0 Å². The van der Waals surface area contributed by atoms with Gasteiger partial charge in [-0.3, -0.25) is 0 Å². The lowest BCUT2D eigenvalue weighted by molar-refractivity contribution is 0.769. The second kappa shape index (κ2) is 32.5. The van der Waals surface area contributed by atoms with Crippen molar-refractivity contribution in [3.8, 4) is 112 Å². The first kappa shape index (κ1) is 79.8. The second-order valence-electron chi connectivity index (χ2n) is 36.8. The maximum Gasteiger partial charge on any atom is 0.0734 e. The lowest BCUT2D eigenvalue weighted by atomic mass is 9.67. The third-order valence-electron chi connectivity index (χ3n) is 29.6. The van der Waals surface area contributed by atoms with Crippen molar-refractivity contribution in [1.82, 2.24) is 18.3 Å². The number of para-hydroxylation sites is 2. The minimum Gasteiger partial charge on any atom is -0.309 e. The van der Waals surface area contributed by atoms with E-state index in [2.05, 4.69) is 552 Å². The summed E-state index contributed by atoms with van der Waals surface area (Å²) in [5.41, 5.74) is 42.8. The molecule has 4 nitrogen and oxygen atoms in total. The quantitative estimate of drug-likeness (QED) is 0.103. The maximum absolute atomic E-state index is 2.56. The molecule has 0 atom stereocenters. The monoisotopic (exact) mass is 1750 g/mol. The SMILES string of the molecule is c1ccc(-c2ccc(-n3c4ccccc4c4cc(-c5ccc6c(c5)c5ccc7c(c5n6-c5cccc(-c6ccccc6)c5)-c5ccccc5C7(c5ccccc5)c5ccccc5)ccc43)cc2)cc1.c1ccc(-c2ccc(-n3c4ccccc4c4cc(-c5ccc6c(c5)c5ccc7c(c5n6-c5cccc(-c6ccccc6)c5)C(c5ccccc5)(c5ccccc5)c5ccccc5-7)ccc43)cc2)cc1. The molecule has 0 spiro atoms. The van der Waals surface area contributed by atoms with Crippen LogP contribution in [0.4, 0.5) is 0 Å². The van der Waals surface area contributed by atoms with Crippen LogP contribution in [0.15, 0.2) is 534 Å². The molecule has 26 aromatic rings. The van der Waals surface area contributed by atoms with Crippen LogP contribution < -0.4 is 0 Å². The summed E-state index contributed by atoms with van der Waals surface area (Å²) in [6, 6.07) is 197. The van der Waals surface area contributed by atoms with E-state index in [1.165, 1.54) is 221 Å². The molecule has 4 aromatic heterocycles. The lowest BCUT2D eigenvalue weighted by Gasteiger charge is -2.34. The second-order valence-corrected chi connectivity index (χ2v) is 36.8. The van der Waals surface area contributed by atoms with Gasteiger partial charge in [0.1, 0.15) is 0 Å². The smallest absolute Gasteiger partial charge is 0.0734 e. The first-order valence-electron chi connectivity index (χ1n) is 47.8. The van der Waals surface area contributed by atoms with Crippen molar-refractivity contribution in [2.75, 3.05) is 0 Å². The average Bonchev–Trinajstić information content (AvgIpc) is 1.50. The van der Waals surface area contributed by atoms with Gasteiger partial charge in [0.05, 0.1) is 55.0 Å². The molecule has 28 rings (SSSR count). The highest BCUT2D eigenvalue weighted by atomic mass is 15.0. The molecular formula is C134H88N4. The molecule has 0 amide bonds. The number of rotatable bonds is 14. The summed E-state index contributed by atoms with van der Waals surface area (Å²) in [6.07, 6.45) is 0. The molecule has 4 heteroatoms. The molecule has 0 aliphatic heterocycles. The van der Waals surface area contributed by atoms with Crippen molar-refractivity contribution in [3.05, 3.63) is 578 Å². The molecule has 0 bridgehead atoms. The van der Waals surface area contributed by atoms with E-state index in [0.29, 0.717) is 0 Å². The molecule has 138 heavy (non-hydrogen) atoms. The molecular weight excluding hydrogens is 1670 g/mol. The van der Waals surface area contributed by atoms with E-state index in [1.54, 1.807) is 0 Å². The number of aromatic nitrogens is 4. The summed E-state index contributed by atoms with van der Waals surface area (Å²) in [7, 11) is 0. The van der Waals surface area contributed by atoms with Crippen LogP contribution in [0.3, 0.4) is 0 Å². The first-order chi connectivity index (χ1) is 68.5. The first-order valence-corrected chi connectivity index (χ1v) is 47.8. The van der Waals surface area contributed by atoms with Gasteiger partial charge in [-0.05, 0) is 232 Å². The van der Waals surface area contributed by atoms with Crippen LogP contribution in [0.25, 0.3) is 199 Å². The van der Waals surface area contributed by atoms with Crippen molar-refractivity contribution in [2.24, 2.45) is 0 Å². The van der Waals surface area contributed by atoms with Crippen molar-refractivity contribution >= 4 is 87.2 Å². The standard InChI is InChI=1S/2C67H44N2/c1-5-18-45(19-6-1)47-32-36-53(37-33-47)68-62-31-16-14-28-55(62)58-43-49(34-40-63(58)68)50-35-41-64-59(44-50)56-38-39-61-65(66(56)69(64)54-27-17-22-48(42-54)46-20-7-2-8-21-46)57-29-13-15-30-60(57)67(61,51-23-9-3-10-24-51)52-25-11-4-12-26-52;1-5-18-45(19-6-1)47-32-36-53(37-33-47)68-62-31-16-14-29-56(62)59-43-49(34-40-63(59)68)50-35-41-64-60(44-50)58-39-38-57-55-28-13-15-30-61(55)67(51-23-9-3-10-24-51,52-25-11-4-12-26-52)65(57)66(58)69(64)54-27-17-22-48(42-54)46-20-7-2-8-21-46/h2*1-44H. The Morgan fingerprint density at radius 3 is 0.855 bits per heavy atom. The summed E-state index contributed by atoms with van der Waals surface area (Å²) < 4.78 is 9.93. The van der Waals surface area contributed by atoms with Crippen LogP contribution in [0.1, 0.15) is 44.5 Å². The van der Waals surface area contributed by atoms with Crippen molar-refractivity contribution < 1.29 is 0 Å². The molecule has 2 aliphatic rings. The largest absolute Gasteiger partial charge is 0.309 e. The zero-order chi connectivity index (χ0) is 90.9. The van der Waals surface area contributed by atoms with Gasteiger partial charge in [-0.15, -0.1) is 0 Å². The molecule has 0 saturated heterocycles. The summed E-state index contributed by atoms with van der Waals surface area (Å²) in [5.74, 6) is 0. The fraction of sp³-hybridized carbons (Fsp3) is 0.0149. The van der Waals surface area contributed by atoms with Gasteiger partial charge < -0.3 is 18.3 Å². The van der Waals surface area contributed by atoms with Gasteiger partial charge in [-0.25, -0.2) is 0 Å². The van der Waals surface area contributed by atoms with Crippen LogP contribution in [0.5, 0.6) is 0 Å². The predicted molar refractivity (Wildman–Crippen MR) is 577 cm³/mol. The van der Waals surface area contributed by atoms with Gasteiger partial charge in [-0.1, -0.05) is 425 Å². The fourth-order valence-electron chi connectivity index (χ4n) is 23.6. The highest BCUT2D eigenvalue weighted by molar-refractivity contribution is 6.19. The minimum absolute atomic E-state index is 0.514. The molecule has 0 saturated carbocycles. The Bertz CT molecular complexity index is 9180. The Hall–Kier alpha value is -18.0. The Morgan fingerprint density at radius 1 is 0.138 bits per heavy atom. The molecule has 0 fully saturated rings. The number of nitrogens with zero attached hydrogens (tertiary/aromatic N) is 4. The Labute approximate surface area is 800 Å². The van der Waals surface area contributed by atoms with Crippen LogP contribution >= 0.6 is 0 Å². The Balaban J connectivity index is 0.000000139. The number of hydrogen-bond acceptors (Lipinski definition) is 0. The molecule has 0 unspecified atom stereocenters. The van der Waals surface area contributed by atoms with Gasteiger partial charge in [0.2, 0.25) is 0 Å². The van der Waals surface area contributed by atoms with Crippen molar-refractivity contribution in [3.63, 3.8) is 0 Å². The van der Waals surface area contributed by atoms with Crippen LogP contribution in [0.2, 0.25) is 0 Å². The summed E-state index contributed by atoms with van der Waals surface area (Å²) >= 11 is 0. The van der Waals surface area contributed by atoms with Crippen LogP contribution in [-0.4, -0.2) is 18.3 Å². The van der Waals surface area contributed by atoms with Crippen LogP contribution in [0, 0.1) is 0 Å². The molecule has 644 valence electrons. The summed E-state index contributed by atoms with van der Waals surface area (Å²) in [4.78, 5) is 0. The van der Waals surface area contributed by atoms with Crippen molar-refractivity contribution in [1.29, 1.82) is 0 Å². The highest BCUT2D eigenvalue weighted by Gasteiger charge is 2.50. The van der Waals surface area contributed by atoms with Gasteiger partial charge in [-0.2, -0.15) is 0 Å². The van der Waals surface area contributed by atoms with Gasteiger partial charge >= 0.3 is 0 Å². The Kier molecular flexibility index (Phi) is 18.8. The molecule has 2 aliphatic carbocycles. The van der Waals surface area contributed by atoms with E-state index in [0.717, 1.165) is 22.7 Å². The lowest BCUT2D eigenvalue weighted by Crippen LogP contribution is -2.29. The van der Waals surface area contributed by atoms with E-state index in [1.807, 2.05) is 0 Å². The zero-order valence-corrected chi connectivity index (χ0v) is 75.6. The van der Waals surface area contributed by atoms with E-state index in [9.17, 15) is 0 Å². The van der Waals surface area contributed by atoms with E-state index in [4.69, 9.17) is 0 Å². The molecule has 0 radical (unpaired) electrons. The summed E-state index contributed by atoms with van der Waals surface area (Å²) in [5, 5.41) is 9.88. The van der Waals surface area contributed by atoms with Crippen molar-refractivity contribution in [2.45, 2.75) is 10.8 Å². The maximum atomic E-state index is 2.56. The molecule has 22 aromatic carbocycles. The number of fused-ring (bicyclic) bond motifs is 20. The summed E-state index contributed by atoms with van der Waals surface area (Å²) in [6.45, 7) is 0. The van der Waals surface area contributed by atoms with E-state index in [-0.39, 0.29) is 0 Å². The predicted octanol–water partition coefficient (Wildman–Crippen LogP) is 34.5. The van der Waals surface area contributed by atoms with Crippen LogP contribution in [-0.2, 0) is 10.8 Å². The third-order valence-corrected chi connectivity index (χ3v) is 29.6. The van der Waals surface area contributed by atoms with Gasteiger partial charge in [0, 0.05) is 77.0 Å². The van der Waals surface area contributed by atoms with E-state index >= 15 is 0 Å². The highest BCUT2D eigenvalue weighted by Crippen LogP contribution is 2.62. The normalized spacial score (nSPS) is 12.8. The third kappa shape index (κ3) is 12.5. The topological polar surface area (TPSA) is 19.7 Å². The number of benzene rings is 22.